The highest BCUT2D eigenvalue weighted by molar-refractivity contribution is 5.91. The Labute approximate surface area is 155 Å². The number of carbonyl (C=O) groups is 1. The van der Waals surface area contributed by atoms with Crippen molar-refractivity contribution >= 4 is 28.4 Å². The summed E-state index contributed by atoms with van der Waals surface area (Å²) in [6.45, 7) is 1.90. The van der Waals surface area contributed by atoms with Crippen molar-refractivity contribution in [2.45, 2.75) is 12.8 Å². The zero-order valence-electron chi connectivity index (χ0n) is 14.7. The van der Waals surface area contributed by atoms with Gasteiger partial charge in [0.1, 0.15) is 17.2 Å². The number of pyridine rings is 1. The van der Waals surface area contributed by atoms with E-state index in [1.54, 1.807) is 30.5 Å². The molecule has 1 aliphatic rings. The van der Waals surface area contributed by atoms with Crippen molar-refractivity contribution < 1.29 is 13.9 Å². The van der Waals surface area contributed by atoms with Gasteiger partial charge in [0.2, 0.25) is 0 Å². The summed E-state index contributed by atoms with van der Waals surface area (Å²) in [5.41, 5.74) is 0.612. The summed E-state index contributed by atoms with van der Waals surface area (Å²) in [6, 6.07) is 11.9. The highest BCUT2D eigenvalue weighted by Gasteiger charge is 2.13. The predicted molar refractivity (Wildman–Crippen MR) is 102 cm³/mol. The van der Waals surface area contributed by atoms with Gasteiger partial charge in [-0.3, -0.25) is 4.79 Å². The number of nitrogens with zero attached hydrogens (tertiary/aromatic N) is 2. The van der Waals surface area contributed by atoms with Crippen LogP contribution in [0.3, 0.4) is 0 Å². The minimum atomic E-state index is -0.428. The van der Waals surface area contributed by atoms with Crippen LogP contribution in [-0.2, 0) is 4.79 Å². The molecule has 1 aliphatic heterocycles. The molecule has 7 nitrogen and oxygen atoms in total. The lowest BCUT2D eigenvalue weighted by Crippen LogP contribution is -2.21. The van der Waals surface area contributed by atoms with Crippen LogP contribution < -0.4 is 20.6 Å². The van der Waals surface area contributed by atoms with Crippen LogP contribution in [-0.4, -0.2) is 30.6 Å². The molecule has 1 aromatic carbocycles. The smallest absolute Gasteiger partial charge is 0.336 e. The molecule has 0 aliphatic carbocycles. The van der Waals surface area contributed by atoms with Crippen LogP contribution in [0.15, 0.2) is 57.9 Å². The van der Waals surface area contributed by atoms with Crippen LogP contribution in [0.2, 0.25) is 0 Å². The first-order chi connectivity index (χ1) is 13.2. The summed E-state index contributed by atoms with van der Waals surface area (Å²) in [5.74, 6) is 1.09. The normalized spacial score (nSPS) is 13.7. The third-order valence-electron chi connectivity index (χ3n) is 4.43. The van der Waals surface area contributed by atoms with E-state index in [0.717, 1.165) is 24.3 Å². The minimum Gasteiger partial charge on any atom is -0.484 e. The quantitative estimate of drug-likeness (QED) is 0.700. The summed E-state index contributed by atoms with van der Waals surface area (Å²) in [5, 5.41) is 3.55. The number of benzene rings is 1. The fourth-order valence-corrected chi connectivity index (χ4v) is 3.07. The molecule has 0 spiro atoms. The number of hydrogen-bond acceptors (Lipinski definition) is 6. The number of rotatable bonds is 5. The molecule has 4 rings (SSSR count). The van der Waals surface area contributed by atoms with Gasteiger partial charge in [-0.2, -0.15) is 0 Å². The standard InChI is InChI=1S/C20H19N3O4/c24-19(22-15-5-7-18(21-12-15)23-9-1-2-10-23)13-26-16-6-3-14-4-8-20(25)27-17(14)11-16/h3-8,11-12H,1-2,9-10,13H2,(H,22,24). The first-order valence-electron chi connectivity index (χ1n) is 8.85. The molecular formula is C20H19N3O4. The molecule has 2 aromatic heterocycles. The zero-order valence-corrected chi connectivity index (χ0v) is 14.7. The lowest BCUT2D eigenvalue weighted by Gasteiger charge is -2.16. The van der Waals surface area contributed by atoms with Crippen LogP contribution in [0, 0.1) is 0 Å². The fourth-order valence-electron chi connectivity index (χ4n) is 3.07. The van der Waals surface area contributed by atoms with Gasteiger partial charge in [-0.15, -0.1) is 0 Å². The van der Waals surface area contributed by atoms with Crippen molar-refractivity contribution in [3.8, 4) is 5.75 Å². The van der Waals surface area contributed by atoms with Crippen LogP contribution in [0.5, 0.6) is 5.75 Å². The summed E-state index contributed by atoms with van der Waals surface area (Å²) < 4.78 is 10.6. The Bertz CT molecular complexity index is 1010. The SMILES string of the molecule is O=C(COc1ccc2ccc(=O)oc2c1)Nc1ccc(N2CCCC2)nc1. The van der Waals surface area contributed by atoms with E-state index in [1.165, 1.54) is 18.9 Å². The minimum absolute atomic E-state index is 0.156. The van der Waals surface area contributed by atoms with Gasteiger partial charge in [0, 0.05) is 30.6 Å². The molecular weight excluding hydrogens is 346 g/mol. The number of hydrogen-bond donors (Lipinski definition) is 1. The Hall–Kier alpha value is -3.35. The summed E-state index contributed by atoms with van der Waals surface area (Å²) in [4.78, 5) is 30.0. The van der Waals surface area contributed by atoms with Gasteiger partial charge >= 0.3 is 5.63 Å². The zero-order chi connectivity index (χ0) is 18.6. The van der Waals surface area contributed by atoms with E-state index >= 15 is 0 Å². The molecule has 3 heterocycles. The predicted octanol–water partition coefficient (Wildman–Crippen LogP) is 2.81. The number of aromatic nitrogens is 1. The first kappa shape index (κ1) is 17.1. The van der Waals surface area contributed by atoms with Crippen molar-refractivity contribution in [1.82, 2.24) is 4.98 Å². The van der Waals surface area contributed by atoms with Gasteiger partial charge in [0.05, 0.1) is 11.9 Å². The molecule has 1 fully saturated rings. The lowest BCUT2D eigenvalue weighted by molar-refractivity contribution is -0.118. The number of amides is 1. The van der Waals surface area contributed by atoms with E-state index in [0.29, 0.717) is 17.0 Å². The van der Waals surface area contributed by atoms with Crippen molar-refractivity contribution in [1.29, 1.82) is 0 Å². The molecule has 0 radical (unpaired) electrons. The van der Waals surface area contributed by atoms with Gasteiger partial charge in [-0.05, 0) is 43.2 Å². The molecule has 0 unspecified atom stereocenters. The maximum atomic E-state index is 12.1. The van der Waals surface area contributed by atoms with Crippen molar-refractivity contribution in [2.75, 3.05) is 29.9 Å². The molecule has 1 saturated heterocycles. The molecule has 0 saturated carbocycles. The summed E-state index contributed by atoms with van der Waals surface area (Å²) in [6.07, 6.45) is 4.03. The molecule has 0 bridgehead atoms. The van der Waals surface area contributed by atoms with Gasteiger partial charge < -0.3 is 19.4 Å². The largest absolute Gasteiger partial charge is 0.484 e. The highest BCUT2D eigenvalue weighted by atomic mass is 16.5. The van der Waals surface area contributed by atoms with Gasteiger partial charge in [-0.25, -0.2) is 9.78 Å². The van der Waals surface area contributed by atoms with E-state index in [9.17, 15) is 9.59 Å². The summed E-state index contributed by atoms with van der Waals surface area (Å²) >= 11 is 0. The molecule has 7 heteroatoms. The first-order valence-corrected chi connectivity index (χ1v) is 8.85. The Morgan fingerprint density at radius 1 is 1.15 bits per heavy atom. The van der Waals surface area contributed by atoms with Crippen molar-refractivity contribution in [3.05, 3.63) is 59.1 Å². The molecule has 138 valence electrons. The summed E-state index contributed by atoms with van der Waals surface area (Å²) in [7, 11) is 0. The lowest BCUT2D eigenvalue weighted by atomic mass is 10.2. The number of carbonyl (C=O) groups excluding carboxylic acids is 1. The van der Waals surface area contributed by atoms with Crippen LogP contribution in [0.4, 0.5) is 11.5 Å². The topological polar surface area (TPSA) is 84.7 Å². The number of anilines is 2. The average molecular weight is 365 g/mol. The van der Waals surface area contributed by atoms with E-state index in [2.05, 4.69) is 15.2 Å². The average Bonchev–Trinajstić information content (AvgIpc) is 3.21. The van der Waals surface area contributed by atoms with Crippen LogP contribution >= 0.6 is 0 Å². The van der Waals surface area contributed by atoms with Gasteiger partial charge in [0.25, 0.3) is 5.91 Å². The maximum absolute atomic E-state index is 12.1. The number of ether oxygens (including phenoxy) is 1. The maximum Gasteiger partial charge on any atom is 0.336 e. The van der Waals surface area contributed by atoms with Crippen LogP contribution in [0.25, 0.3) is 11.0 Å². The number of fused-ring (bicyclic) bond motifs is 1. The second kappa shape index (κ2) is 7.49. The van der Waals surface area contributed by atoms with E-state index in [1.807, 2.05) is 12.1 Å². The van der Waals surface area contributed by atoms with Gasteiger partial charge in [0.15, 0.2) is 6.61 Å². The molecule has 3 aromatic rings. The van der Waals surface area contributed by atoms with Gasteiger partial charge in [-0.1, -0.05) is 0 Å². The molecule has 0 atom stereocenters. The number of nitrogens with one attached hydrogen (secondary N) is 1. The van der Waals surface area contributed by atoms with Crippen LogP contribution in [0.1, 0.15) is 12.8 Å². The molecule has 27 heavy (non-hydrogen) atoms. The third-order valence-corrected chi connectivity index (χ3v) is 4.43. The fraction of sp³-hybridized carbons (Fsp3) is 0.250. The Balaban J connectivity index is 1.34. The van der Waals surface area contributed by atoms with E-state index < -0.39 is 5.63 Å². The molecule has 1 amide bonds. The van der Waals surface area contributed by atoms with Crippen molar-refractivity contribution in [2.24, 2.45) is 0 Å². The van der Waals surface area contributed by atoms with E-state index in [-0.39, 0.29) is 12.5 Å². The Morgan fingerprint density at radius 2 is 1.96 bits per heavy atom. The van der Waals surface area contributed by atoms with E-state index in [4.69, 9.17) is 9.15 Å². The second-order valence-electron chi connectivity index (χ2n) is 6.39. The Morgan fingerprint density at radius 3 is 2.74 bits per heavy atom. The molecule has 1 N–H and O–H groups in total. The monoisotopic (exact) mass is 365 g/mol. The highest BCUT2D eigenvalue weighted by Crippen LogP contribution is 2.20. The second-order valence-corrected chi connectivity index (χ2v) is 6.39. The van der Waals surface area contributed by atoms with Crippen molar-refractivity contribution in [3.63, 3.8) is 0 Å². The Kier molecular flexibility index (Phi) is 4.74. The third kappa shape index (κ3) is 4.08.